The highest BCUT2D eigenvalue weighted by atomic mass is 79.9. The minimum atomic E-state index is -3.65. The van der Waals surface area contributed by atoms with Gasteiger partial charge in [-0.15, -0.1) is 12.4 Å². The zero-order valence-electron chi connectivity index (χ0n) is 9.99. The van der Waals surface area contributed by atoms with Crippen molar-refractivity contribution in [1.29, 1.82) is 0 Å². The third-order valence-corrected chi connectivity index (χ3v) is 5.28. The summed E-state index contributed by atoms with van der Waals surface area (Å²) in [6.07, 6.45) is 0.547. The van der Waals surface area contributed by atoms with Crippen LogP contribution in [0.2, 0.25) is 10.0 Å². The predicted octanol–water partition coefficient (Wildman–Crippen LogP) is 3.19. The summed E-state index contributed by atoms with van der Waals surface area (Å²) in [6.45, 7) is 2.07. The molecule has 0 saturated carbocycles. The second kappa shape index (κ2) is 8.02. The minimum absolute atomic E-state index is 0. The quantitative estimate of drug-likeness (QED) is 0.730. The van der Waals surface area contributed by atoms with E-state index >= 15 is 0 Å². The van der Waals surface area contributed by atoms with Crippen LogP contribution in [-0.4, -0.2) is 21.0 Å². The highest BCUT2D eigenvalue weighted by Crippen LogP contribution is 2.31. The van der Waals surface area contributed by atoms with Crippen LogP contribution in [-0.2, 0) is 10.0 Å². The zero-order valence-corrected chi connectivity index (χ0v) is 14.7. The number of hydrogen-bond donors (Lipinski definition) is 2. The first-order valence-electron chi connectivity index (χ1n) is 5.14. The van der Waals surface area contributed by atoms with Gasteiger partial charge in [-0.25, -0.2) is 13.1 Å². The summed E-state index contributed by atoms with van der Waals surface area (Å²) in [5, 5.41) is 0.436. The smallest absolute Gasteiger partial charge is 0.242 e. The molecule has 1 atom stereocenters. The summed E-state index contributed by atoms with van der Waals surface area (Å²) in [4.78, 5) is -0.00915. The molecule has 110 valence electrons. The van der Waals surface area contributed by atoms with E-state index in [2.05, 4.69) is 20.7 Å². The number of hydrogen-bond acceptors (Lipinski definition) is 3. The molecule has 0 spiro atoms. The lowest BCUT2D eigenvalue weighted by atomic mass is 10.3. The van der Waals surface area contributed by atoms with Gasteiger partial charge in [-0.05, 0) is 41.4 Å². The van der Waals surface area contributed by atoms with Gasteiger partial charge in [0, 0.05) is 17.1 Å². The molecule has 0 radical (unpaired) electrons. The van der Waals surface area contributed by atoms with Crippen LogP contribution in [0.5, 0.6) is 0 Å². The lowest BCUT2D eigenvalue weighted by molar-refractivity contribution is 0.572. The van der Waals surface area contributed by atoms with Crippen molar-refractivity contribution in [2.24, 2.45) is 5.73 Å². The first kappa shape index (κ1) is 19.4. The van der Waals surface area contributed by atoms with Gasteiger partial charge in [0.05, 0.1) is 10.0 Å². The Hall–Kier alpha value is 0.440. The molecular formula is C10H14BrCl3N2O2S. The fourth-order valence-electron chi connectivity index (χ4n) is 1.21. The third kappa shape index (κ3) is 5.75. The highest BCUT2D eigenvalue weighted by Gasteiger charge is 2.19. The van der Waals surface area contributed by atoms with E-state index in [1.807, 2.05) is 0 Å². The maximum absolute atomic E-state index is 12.0. The van der Waals surface area contributed by atoms with Gasteiger partial charge in [-0.2, -0.15) is 0 Å². The highest BCUT2D eigenvalue weighted by molar-refractivity contribution is 9.10. The Bertz CT molecular complexity index is 538. The van der Waals surface area contributed by atoms with Gasteiger partial charge in [-0.1, -0.05) is 23.2 Å². The van der Waals surface area contributed by atoms with Crippen LogP contribution >= 0.6 is 51.5 Å². The van der Waals surface area contributed by atoms with Crippen LogP contribution in [0.1, 0.15) is 13.3 Å². The molecule has 0 aliphatic carbocycles. The van der Waals surface area contributed by atoms with Crippen molar-refractivity contribution in [2.75, 3.05) is 6.54 Å². The Morgan fingerprint density at radius 2 is 1.95 bits per heavy atom. The van der Waals surface area contributed by atoms with Gasteiger partial charge in [-0.3, -0.25) is 0 Å². The van der Waals surface area contributed by atoms with Crippen molar-refractivity contribution >= 4 is 61.6 Å². The van der Waals surface area contributed by atoms with Crippen LogP contribution in [0.4, 0.5) is 0 Å². The topological polar surface area (TPSA) is 72.2 Å². The molecule has 3 N–H and O–H groups in total. The van der Waals surface area contributed by atoms with E-state index in [1.54, 1.807) is 6.92 Å². The molecule has 0 saturated heterocycles. The van der Waals surface area contributed by atoms with Gasteiger partial charge in [0.1, 0.15) is 4.90 Å². The Labute approximate surface area is 137 Å². The van der Waals surface area contributed by atoms with Crippen LogP contribution in [0.15, 0.2) is 21.5 Å². The summed E-state index contributed by atoms with van der Waals surface area (Å²) in [6, 6.07) is 2.69. The molecule has 1 unspecified atom stereocenters. The van der Waals surface area contributed by atoms with Crippen LogP contribution in [0.25, 0.3) is 0 Å². The number of rotatable bonds is 5. The second-order valence-electron chi connectivity index (χ2n) is 3.86. The van der Waals surface area contributed by atoms with E-state index in [9.17, 15) is 8.42 Å². The van der Waals surface area contributed by atoms with Crippen LogP contribution < -0.4 is 10.5 Å². The summed E-state index contributed by atoms with van der Waals surface area (Å²) in [5.74, 6) is 0. The Morgan fingerprint density at radius 1 is 1.37 bits per heavy atom. The van der Waals surface area contributed by atoms with Crippen molar-refractivity contribution in [3.05, 3.63) is 26.7 Å². The number of benzene rings is 1. The second-order valence-corrected chi connectivity index (χ2v) is 7.26. The minimum Gasteiger partial charge on any atom is -0.328 e. The molecule has 0 amide bonds. The summed E-state index contributed by atoms with van der Waals surface area (Å²) in [5.41, 5.74) is 5.55. The fourth-order valence-corrected chi connectivity index (χ4v) is 3.52. The van der Waals surface area contributed by atoms with Crippen molar-refractivity contribution in [3.63, 3.8) is 0 Å². The molecule has 19 heavy (non-hydrogen) atoms. The fraction of sp³-hybridized carbons (Fsp3) is 0.400. The van der Waals surface area contributed by atoms with Crippen molar-refractivity contribution in [2.45, 2.75) is 24.3 Å². The van der Waals surface area contributed by atoms with E-state index in [1.165, 1.54) is 12.1 Å². The zero-order chi connectivity index (χ0) is 13.9. The van der Waals surface area contributed by atoms with Gasteiger partial charge in [0.15, 0.2) is 0 Å². The van der Waals surface area contributed by atoms with Crippen molar-refractivity contribution < 1.29 is 8.42 Å². The summed E-state index contributed by atoms with van der Waals surface area (Å²) < 4.78 is 26.9. The maximum Gasteiger partial charge on any atom is 0.242 e. The van der Waals surface area contributed by atoms with Crippen molar-refractivity contribution in [3.8, 4) is 0 Å². The molecule has 0 aromatic heterocycles. The van der Waals surface area contributed by atoms with E-state index in [4.69, 9.17) is 28.9 Å². The molecule has 9 heteroatoms. The molecule has 1 rings (SSSR count). The normalized spacial score (nSPS) is 12.9. The first-order valence-corrected chi connectivity index (χ1v) is 8.17. The molecule has 4 nitrogen and oxygen atoms in total. The van der Waals surface area contributed by atoms with Gasteiger partial charge in [0.25, 0.3) is 0 Å². The molecule has 0 bridgehead atoms. The first-order chi connectivity index (χ1) is 8.24. The standard InChI is InChI=1S/C10H13BrCl2N2O2S.ClH/c1-6(14)2-3-15-18(16,17)10-4-7(11)8(12)5-9(10)13;/h4-6,15H,2-3,14H2,1H3;1H. The Morgan fingerprint density at radius 3 is 2.47 bits per heavy atom. The van der Waals surface area contributed by atoms with E-state index < -0.39 is 10.0 Å². The number of nitrogens with two attached hydrogens (primary N) is 1. The van der Waals surface area contributed by atoms with Crippen LogP contribution in [0.3, 0.4) is 0 Å². The monoisotopic (exact) mass is 410 g/mol. The van der Waals surface area contributed by atoms with E-state index in [0.717, 1.165) is 0 Å². The van der Waals surface area contributed by atoms with E-state index in [0.29, 0.717) is 15.9 Å². The van der Waals surface area contributed by atoms with Gasteiger partial charge >= 0.3 is 0 Å². The largest absolute Gasteiger partial charge is 0.328 e. The van der Waals surface area contributed by atoms with Gasteiger partial charge < -0.3 is 5.73 Å². The lowest BCUT2D eigenvalue weighted by Gasteiger charge is -2.10. The molecule has 0 fully saturated rings. The predicted molar refractivity (Wildman–Crippen MR) is 84.9 cm³/mol. The lowest BCUT2D eigenvalue weighted by Crippen LogP contribution is -2.29. The van der Waals surface area contributed by atoms with Crippen LogP contribution in [0, 0.1) is 0 Å². The SMILES string of the molecule is CC(N)CCNS(=O)(=O)c1cc(Br)c(Cl)cc1Cl.Cl. The Balaban J connectivity index is 0.00000324. The molecule has 0 heterocycles. The van der Waals surface area contributed by atoms with Crippen molar-refractivity contribution in [1.82, 2.24) is 4.72 Å². The molecule has 1 aromatic rings. The number of halogens is 4. The molecular weight excluding hydrogens is 398 g/mol. The number of nitrogens with one attached hydrogen (secondary N) is 1. The maximum atomic E-state index is 12.0. The molecule has 1 aromatic carbocycles. The van der Waals surface area contributed by atoms with E-state index in [-0.39, 0.29) is 34.9 Å². The molecule has 0 aliphatic rings. The average Bonchev–Trinajstić information content (AvgIpc) is 2.22. The summed E-state index contributed by atoms with van der Waals surface area (Å²) in [7, 11) is -3.65. The van der Waals surface area contributed by atoms with Gasteiger partial charge in [0.2, 0.25) is 10.0 Å². The Kier molecular flexibility index (Phi) is 8.21. The third-order valence-electron chi connectivity index (χ3n) is 2.16. The summed E-state index contributed by atoms with van der Waals surface area (Å²) >= 11 is 14.9. The number of sulfonamides is 1. The molecule has 0 aliphatic heterocycles. The average molecular weight is 413 g/mol.